The van der Waals surface area contributed by atoms with Crippen molar-refractivity contribution >= 4 is 22.9 Å². The predicted octanol–water partition coefficient (Wildman–Crippen LogP) is 4.09. The first-order chi connectivity index (χ1) is 11.7. The van der Waals surface area contributed by atoms with Gasteiger partial charge in [-0.3, -0.25) is 9.69 Å². The Labute approximate surface area is 150 Å². The molecule has 2 aliphatic rings. The van der Waals surface area contributed by atoms with Gasteiger partial charge in [-0.2, -0.15) is 0 Å². The van der Waals surface area contributed by atoms with Crippen molar-refractivity contribution in [3.05, 3.63) is 48.8 Å². The first kappa shape index (κ1) is 16.3. The van der Waals surface area contributed by atoms with Crippen molar-refractivity contribution in [2.24, 2.45) is 0 Å². The maximum Gasteiger partial charge on any atom is 0.255 e. The maximum atomic E-state index is 12.6. The molecule has 0 atom stereocenters. The van der Waals surface area contributed by atoms with Gasteiger partial charge in [0.15, 0.2) is 0 Å². The molecule has 1 aliphatic heterocycles. The molecule has 0 aromatic carbocycles. The SMILES string of the molecule is O=c1[nH]c(C2CCCCC2)nc2c1CN(Cc1ccc(Cl)s1)CC2. The van der Waals surface area contributed by atoms with E-state index in [1.54, 1.807) is 11.3 Å². The van der Waals surface area contributed by atoms with Gasteiger partial charge < -0.3 is 4.98 Å². The third-order valence-electron chi connectivity index (χ3n) is 5.17. The van der Waals surface area contributed by atoms with Crippen LogP contribution in [-0.4, -0.2) is 21.4 Å². The lowest BCUT2D eigenvalue weighted by Gasteiger charge is -2.28. The van der Waals surface area contributed by atoms with Crippen LogP contribution in [0.4, 0.5) is 0 Å². The lowest BCUT2D eigenvalue weighted by molar-refractivity contribution is 0.243. The van der Waals surface area contributed by atoms with Gasteiger partial charge in [0.25, 0.3) is 5.56 Å². The normalized spacial score (nSPS) is 19.4. The van der Waals surface area contributed by atoms with Gasteiger partial charge in [-0.25, -0.2) is 4.98 Å². The Morgan fingerprint density at radius 1 is 1.29 bits per heavy atom. The van der Waals surface area contributed by atoms with E-state index in [2.05, 4.69) is 16.0 Å². The van der Waals surface area contributed by atoms with Gasteiger partial charge in [-0.15, -0.1) is 11.3 Å². The molecule has 24 heavy (non-hydrogen) atoms. The average molecular weight is 364 g/mol. The van der Waals surface area contributed by atoms with E-state index in [4.69, 9.17) is 16.6 Å². The summed E-state index contributed by atoms with van der Waals surface area (Å²) in [4.78, 5) is 24.1. The third kappa shape index (κ3) is 3.44. The fourth-order valence-electron chi connectivity index (χ4n) is 3.86. The van der Waals surface area contributed by atoms with Crippen molar-refractivity contribution in [3.8, 4) is 0 Å². The molecule has 128 valence electrons. The molecule has 0 spiro atoms. The fraction of sp³-hybridized carbons (Fsp3) is 0.556. The fourth-order valence-corrected chi connectivity index (χ4v) is 4.99. The molecule has 1 aliphatic carbocycles. The molecule has 2 aromatic heterocycles. The third-order valence-corrected chi connectivity index (χ3v) is 6.38. The van der Waals surface area contributed by atoms with E-state index in [1.807, 2.05) is 6.07 Å². The minimum atomic E-state index is 0.0643. The Morgan fingerprint density at radius 2 is 2.12 bits per heavy atom. The van der Waals surface area contributed by atoms with Crippen molar-refractivity contribution in [2.75, 3.05) is 6.54 Å². The summed E-state index contributed by atoms with van der Waals surface area (Å²) >= 11 is 7.62. The largest absolute Gasteiger partial charge is 0.310 e. The molecule has 3 heterocycles. The Hall–Kier alpha value is -1.17. The summed E-state index contributed by atoms with van der Waals surface area (Å²) in [6.45, 7) is 2.47. The summed E-state index contributed by atoms with van der Waals surface area (Å²) in [7, 11) is 0. The first-order valence-corrected chi connectivity index (χ1v) is 9.97. The van der Waals surface area contributed by atoms with Crippen molar-refractivity contribution in [1.29, 1.82) is 0 Å². The number of fused-ring (bicyclic) bond motifs is 1. The standard InChI is InChI=1S/C18H22ClN3OS/c19-16-7-6-13(24-16)10-22-9-8-15-14(11-22)18(23)21-17(20-15)12-4-2-1-3-5-12/h6-7,12H,1-5,8-11H2,(H,20,21,23). The molecule has 0 bridgehead atoms. The van der Waals surface area contributed by atoms with Gasteiger partial charge in [0, 0.05) is 36.9 Å². The Morgan fingerprint density at radius 3 is 2.88 bits per heavy atom. The maximum absolute atomic E-state index is 12.6. The van der Waals surface area contributed by atoms with Crippen LogP contribution in [0.2, 0.25) is 4.34 Å². The van der Waals surface area contributed by atoms with E-state index in [-0.39, 0.29) is 5.56 Å². The summed E-state index contributed by atoms with van der Waals surface area (Å²) < 4.78 is 0.819. The van der Waals surface area contributed by atoms with Crippen molar-refractivity contribution in [3.63, 3.8) is 0 Å². The van der Waals surface area contributed by atoms with E-state index in [0.29, 0.717) is 12.5 Å². The minimum Gasteiger partial charge on any atom is -0.310 e. The number of nitrogens with one attached hydrogen (secondary N) is 1. The lowest BCUT2D eigenvalue weighted by atomic mass is 9.88. The molecule has 0 radical (unpaired) electrons. The highest BCUT2D eigenvalue weighted by molar-refractivity contribution is 7.16. The highest BCUT2D eigenvalue weighted by atomic mass is 35.5. The summed E-state index contributed by atoms with van der Waals surface area (Å²) in [5.41, 5.74) is 1.93. The zero-order valence-corrected chi connectivity index (χ0v) is 15.3. The lowest BCUT2D eigenvalue weighted by Crippen LogP contribution is -2.36. The predicted molar refractivity (Wildman–Crippen MR) is 97.8 cm³/mol. The molecule has 1 fully saturated rings. The highest BCUT2D eigenvalue weighted by Crippen LogP contribution is 2.31. The second kappa shape index (κ2) is 6.98. The van der Waals surface area contributed by atoms with E-state index >= 15 is 0 Å². The first-order valence-electron chi connectivity index (χ1n) is 8.77. The number of rotatable bonds is 3. The Balaban J connectivity index is 1.52. The minimum absolute atomic E-state index is 0.0643. The van der Waals surface area contributed by atoms with Crippen molar-refractivity contribution in [1.82, 2.24) is 14.9 Å². The number of halogens is 1. The van der Waals surface area contributed by atoms with Gasteiger partial charge in [-0.1, -0.05) is 30.9 Å². The van der Waals surface area contributed by atoms with Crippen LogP contribution < -0.4 is 5.56 Å². The number of aromatic nitrogens is 2. The Bertz CT molecular complexity index is 779. The summed E-state index contributed by atoms with van der Waals surface area (Å²) in [6.07, 6.45) is 7.00. The monoisotopic (exact) mass is 363 g/mol. The molecule has 0 amide bonds. The summed E-state index contributed by atoms with van der Waals surface area (Å²) in [5.74, 6) is 1.37. The molecule has 4 rings (SSSR count). The number of nitrogens with zero attached hydrogens (tertiary/aromatic N) is 2. The van der Waals surface area contributed by atoms with Crippen LogP contribution >= 0.6 is 22.9 Å². The number of hydrogen-bond donors (Lipinski definition) is 1. The smallest absolute Gasteiger partial charge is 0.255 e. The van der Waals surface area contributed by atoms with E-state index in [0.717, 1.165) is 53.8 Å². The summed E-state index contributed by atoms with van der Waals surface area (Å²) in [6, 6.07) is 4.00. The molecule has 2 aromatic rings. The molecule has 0 unspecified atom stereocenters. The van der Waals surface area contributed by atoms with Gasteiger partial charge in [0.2, 0.25) is 0 Å². The summed E-state index contributed by atoms with van der Waals surface area (Å²) in [5, 5.41) is 0. The molecule has 6 heteroatoms. The van der Waals surface area contributed by atoms with E-state index in [9.17, 15) is 4.79 Å². The van der Waals surface area contributed by atoms with Gasteiger partial charge in [0.1, 0.15) is 5.82 Å². The Kier molecular flexibility index (Phi) is 4.74. The topological polar surface area (TPSA) is 49.0 Å². The number of hydrogen-bond acceptors (Lipinski definition) is 4. The van der Waals surface area contributed by atoms with Crippen LogP contribution in [-0.2, 0) is 19.5 Å². The van der Waals surface area contributed by atoms with E-state index in [1.165, 1.54) is 24.1 Å². The van der Waals surface area contributed by atoms with Gasteiger partial charge in [0.05, 0.1) is 15.6 Å². The molecule has 1 saturated carbocycles. The van der Waals surface area contributed by atoms with Crippen LogP contribution in [0.15, 0.2) is 16.9 Å². The van der Waals surface area contributed by atoms with Crippen LogP contribution in [0, 0.1) is 0 Å². The second-order valence-electron chi connectivity index (χ2n) is 6.88. The van der Waals surface area contributed by atoms with E-state index < -0.39 is 0 Å². The van der Waals surface area contributed by atoms with Crippen LogP contribution in [0.1, 0.15) is 60.0 Å². The number of aromatic amines is 1. The number of H-pyrrole nitrogens is 1. The van der Waals surface area contributed by atoms with Gasteiger partial charge >= 0.3 is 0 Å². The van der Waals surface area contributed by atoms with Gasteiger partial charge in [-0.05, 0) is 25.0 Å². The molecule has 0 saturated heterocycles. The highest BCUT2D eigenvalue weighted by Gasteiger charge is 2.24. The van der Waals surface area contributed by atoms with Crippen LogP contribution in [0.5, 0.6) is 0 Å². The molecule has 1 N–H and O–H groups in total. The van der Waals surface area contributed by atoms with Crippen LogP contribution in [0.25, 0.3) is 0 Å². The number of thiophene rings is 1. The quantitative estimate of drug-likeness (QED) is 0.893. The zero-order valence-electron chi connectivity index (χ0n) is 13.7. The molecule has 4 nitrogen and oxygen atoms in total. The molecular weight excluding hydrogens is 342 g/mol. The average Bonchev–Trinajstić information content (AvgIpc) is 3.01. The van der Waals surface area contributed by atoms with Crippen LogP contribution in [0.3, 0.4) is 0 Å². The zero-order chi connectivity index (χ0) is 16.5. The van der Waals surface area contributed by atoms with Crippen molar-refractivity contribution < 1.29 is 0 Å². The molecular formula is C18H22ClN3OS. The second-order valence-corrected chi connectivity index (χ2v) is 8.68. The van der Waals surface area contributed by atoms with Crippen molar-refractivity contribution in [2.45, 2.75) is 57.5 Å².